The first-order valence-corrected chi connectivity index (χ1v) is 6.12. The van der Waals surface area contributed by atoms with Crippen LogP contribution < -0.4 is 11.0 Å². The molecule has 0 atom stereocenters. The number of hydrogen-bond acceptors (Lipinski definition) is 5. The molecule has 0 spiro atoms. The fourth-order valence-corrected chi connectivity index (χ4v) is 1.72. The van der Waals surface area contributed by atoms with Crippen LogP contribution in [-0.4, -0.2) is 33.8 Å². The lowest BCUT2D eigenvalue weighted by Crippen LogP contribution is -2.15. The van der Waals surface area contributed by atoms with Gasteiger partial charge in [0.2, 0.25) is 5.82 Å². The third-order valence-corrected chi connectivity index (χ3v) is 2.95. The van der Waals surface area contributed by atoms with Gasteiger partial charge < -0.3 is 10.1 Å². The van der Waals surface area contributed by atoms with Gasteiger partial charge in [0.1, 0.15) is 0 Å². The maximum absolute atomic E-state index is 12.0. The van der Waals surface area contributed by atoms with E-state index in [0.29, 0.717) is 0 Å². The summed E-state index contributed by atoms with van der Waals surface area (Å²) in [5.41, 5.74) is -0.0858. The van der Waals surface area contributed by atoms with Gasteiger partial charge in [0, 0.05) is 7.05 Å². The fraction of sp³-hybridized carbons (Fsp3) is 0.167. The Kier molecular flexibility index (Phi) is 4.08. The van der Waals surface area contributed by atoms with E-state index in [9.17, 15) is 14.4 Å². The Morgan fingerprint density at radius 3 is 2.71 bits per heavy atom. The van der Waals surface area contributed by atoms with Crippen molar-refractivity contribution in [3.8, 4) is 0 Å². The molecule has 1 heterocycles. The van der Waals surface area contributed by atoms with E-state index in [1.165, 1.54) is 32.4 Å². The van der Waals surface area contributed by atoms with Crippen molar-refractivity contribution in [3.63, 3.8) is 0 Å². The number of carbonyl (C=O) groups excluding carboxylic acids is 2. The topological polar surface area (TPSA) is 106 Å². The smallest absolute Gasteiger partial charge is 0.343 e. The fourth-order valence-electron chi connectivity index (χ4n) is 1.55. The minimum Gasteiger partial charge on any atom is -0.465 e. The summed E-state index contributed by atoms with van der Waals surface area (Å²) in [4.78, 5) is 36.9. The number of amides is 1. The highest BCUT2D eigenvalue weighted by Gasteiger charge is 2.15. The highest BCUT2D eigenvalue weighted by Crippen LogP contribution is 2.23. The van der Waals surface area contributed by atoms with Crippen molar-refractivity contribution in [2.75, 3.05) is 12.4 Å². The molecule has 21 heavy (non-hydrogen) atoms. The predicted octanol–water partition coefficient (Wildman–Crippen LogP) is 0.801. The molecule has 0 fully saturated rings. The summed E-state index contributed by atoms with van der Waals surface area (Å²) in [6.45, 7) is 0. The molecule has 2 aromatic rings. The molecular formula is C12H11ClN4O4. The molecule has 2 N–H and O–H groups in total. The Balaban J connectivity index is 2.28. The van der Waals surface area contributed by atoms with E-state index in [1.54, 1.807) is 0 Å². The third-order valence-electron chi connectivity index (χ3n) is 2.62. The van der Waals surface area contributed by atoms with Gasteiger partial charge in [-0.1, -0.05) is 11.6 Å². The highest BCUT2D eigenvalue weighted by molar-refractivity contribution is 6.34. The number of carbonyl (C=O) groups is 2. The normalized spacial score (nSPS) is 10.2. The van der Waals surface area contributed by atoms with Crippen molar-refractivity contribution in [1.29, 1.82) is 0 Å². The highest BCUT2D eigenvalue weighted by atomic mass is 35.5. The number of anilines is 1. The number of aromatic nitrogens is 3. The first-order valence-electron chi connectivity index (χ1n) is 5.75. The van der Waals surface area contributed by atoms with Gasteiger partial charge in [0.15, 0.2) is 0 Å². The van der Waals surface area contributed by atoms with Crippen LogP contribution in [0, 0.1) is 0 Å². The van der Waals surface area contributed by atoms with E-state index < -0.39 is 17.6 Å². The van der Waals surface area contributed by atoms with E-state index in [4.69, 9.17) is 11.6 Å². The number of ether oxygens (including phenoxy) is 1. The zero-order valence-electron chi connectivity index (χ0n) is 11.1. The largest absolute Gasteiger partial charge is 0.465 e. The molecule has 0 bridgehead atoms. The zero-order valence-corrected chi connectivity index (χ0v) is 11.9. The van der Waals surface area contributed by atoms with Crippen LogP contribution in [0.2, 0.25) is 5.02 Å². The van der Waals surface area contributed by atoms with Crippen LogP contribution in [0.5, 0.6) is 0 Å². The summed E-state index contributed by atoms with van der Waals surface area (Å²) in [5, 5.41) is 6.40. The minimum absolute atomic E-state index is 0.165. The van der Waals surface area contributed by atoms with Crippen LogP contribution in [0.1, 0.15) is 21.0 Å². The van der Waals surface area contributed by atoms with Crippen molar-refractivity contribution < 1.29 is 14.3 Å². The average Bonchev–Trinajstić information content (AvgIpc) is 2.80. The Hall–Kier alpha value is -2.61. The van der Waals surface area contributed by atoms with Crippen LogP contribution in [0.3, 0.4) is 0 Å². The molecule has 0 aliphatic heterocycles. The monoisotopic (exact) mass is 310 g/mol. The second kappa shape index (κ2) is 5.80. The number of esters is 1. The second-order valence-electron chi connectivity index (χ2n) is 4.04. The molecule has 9 heteroatoms. The maximum Gasteiger partial charge on any atom is 0.343 e. The van der Waals surface area contributed by atoms with Crippen LogP contribution in [0.25, 0.3) is 0 Å². The molecule has 0 saturated heterocycles. The number of hydrogen-bond donors (Lipinski definition) is 2. The number of methoxy groups -OCH3 is 1. The van der Waals surface area contributed by atoms with E-state index in [1.807, 2.05) is 0 Å². The van der Waals surface area contributed by atoms with Crippen LogP contribution in [0.15, 0.2) is 23.0 Å². The van der Waals surface area contributed by atoms with Gasteiger partial charge >= 0.3 is 11.7 Å². The van der Waals surface area contributed by atoms with Crippen molar-refractivity contribution in [2.24, 2.45) is 7.05 Å². The van der Waals surface area contributed by atoms with E-state index in [0.717, 1.165) is 4.68 Å². The molecule has 0 aliphatic rings. The van der Waals surface area contributed by atoms with Gasteiger partial charge in [0.25, 0.3) is 5.91 Å². The Labute approximate surface area is 123 Å². The zero-order chi connectivity index (χ0) is 15.6. The van der Waals surface area contributed by atoms with E-state index in [2.05, 4.69) is 20.1 Å². The van der Waals surface area contributed by atoms with Crippen LogP contribution in [-0.2, 0) is 11.8 Å². The summed E-state index contributed by atoms with van der Waals surface area (Å²) in [6, 6.07) is 4.28. The van der Waals surface area contributed by atoms with E-state index >= 15 is 0 Å². The summed E-state index contributed by atoms with van der Waals surface area (Å²) in [7, 11) is 2.65. The lowest BCUT2D eigenvalue weighted by molar-refractivity contribution is 0.0600. The predicted molar refractivity (Wildman–Crippen MR) is 74.6 cm³/mol. The lowest BCUT2D eigenvalue weighted by atomic mass is 10.2. The van der Waals surface area contributed by atoms with Gasteiger partial charge in [-0.25, -0.2) is 14.3 Å². The molecule has 0 aliphatic carbocycles. The van der Waals surface area contributed by atoms with E-state index in [-0.39, 0.29) is 22.1 Å². The summed E-state index contributed by atoms with van der Waals surface area (Å²) in [6.07, 6.45) is 0. The lowest BCUT2D eigenvalue weighted by Gasteiger charge is -2.07. The number of H-pyrrole nitrogens is 1. The van der Waals surface area contributed by atoms with Crippen molar-refractivity contribution in [1.82, 2.24) is 14.8 Å². The summed E-state index contributed by atoms with van der Waals surface area (Å²) >= 11 is 5.95. The molecule has 1 amide bonds. The van der Waals surface area contributed by atoms with Gasteiger partial charge in [-0.3, -0.25) is 9.78 Å². The summed E-state index contributed by atoms with van der Waals surface area (Å²) < 4.78 is 5.57. The third kappa shape index (κ3) is 3.11. The minimum atomic E-state index is -0.656. The second-order valence-corrected chi connectivity index (χ2v) is 4.45. The molecule has 8 nitrogen and oxygen atoms in total. The first-order chi connectivity index (χ1) is 9.92. The molecule has 2 rings (SSSR count). The molecule has 0 radical (unpaired) electrons. The number of benzene rings is 1. The average molecular weight is 311 g/mol. The molecule has 0 unspecified atom stereocenters. The van der Waals surface area contributed by atoms with Gasteiger partial charge in [0.05, 0.1) is 23.4 Å². The summed E-state index contributed by atoms with van der Waals surface area (Å²) in [5.74, 6) is -1.38. The van der Waals surface area contributed by atoms with Crippen LogP contribution in [0.4, 0.5) is 5.69 Å². The Morgan fingerprint density at radius 1 is 1.43 bits per heavy atom. The number of nitrogens with zero attached hydrogens (tertiary/aromatic N) is 2. The maximum atomic E-state index is 12.0. The van der Waals surface area contributed by atoms with Gasteiger partial charge in [-0.05, 0) is 18.2 Å². The number of aromatic amines is 1. The van der Waals surface area contributed by atoms with Crippen molar-refractivity contribution >= 4 is 29.2 Å². The van der Waals surface area contributed by atoms with Gasteiger partial charge in [-0.2, -0.15) is 0 Å². The molecule has 1 aromatic carbocycles. The first kappa shape index (κ1) is 14.8. The van der Waals surface area contributed by atoms with Crippen LogP contribution >= 0.6 is 11.6 Å². The number of halogens is 1. The Morgan fingerprint density at radius 2 is 2.14 bits per heavy atom. The molecule has 110 valence electrons. The Bertz CT molecular complexity index is 765. The standard InChI is InChI=1S/C12H11ClN4O4/c1-17-12(20)15-9(16-17)10(18)14-8-5-6(11(19)21-2)3-4-7(8)13/h3-5H,1-2H3,(H,14,18)(H,15,16,20). The number of aryl methyl sites for hydroxylation is 1. The molecule has 0 saturated carbocycles. The quantitative estimate of drug-likeness (QED) is 0.816. The molecule has 1 aromatic heterocycles. The van der Waals surface area contributed by atoms with Crippen molar-refractivity contribution in [3.05, 3.63) is 45.1 Å². The van der Waals surface area contributed by atoms with Gasteiger partial charge in [-0.15, -0.1) is 5.10 Å². The van der Waals surface area contributed by atoms with Crippen molar-refractivity contribution in [2.45, 2.75) is 0 Å². The number of rotatable bonds is 3. The SMILES string of the molecule is COC(=O)c1ccc(Cl)c(NC(=O)c2nn(C)c(=O)[nH]2)c1. The number of nitrogens with one attached hydrogen (secondary N) is 2. The molecular weight excluding hydrogens is 300 g/mol.